The lowest BCUT2D eigenvalue weighted by Crippen LogP contribution is -2.09. The van der Waals surface area contributed by atoms with Crippen LogP contribution in [0.3, 0.4) is 0 Å². The van der Waals surface area contributed by atoms with E-state index in [2.05, 4.69) is 10.3 Å². The molecule has 0 aliphatic carbocycles. The van der Waals surface area contributed by atoms with Crippen molar-refractivity contribution in [2.75, 3.05) is 5.32 Å². The van der Waals surface area contributed by atoms with E-state index in [1.165, 1.54) is 13.0 Å². The molecule has 1 heterocycles. The average molecular weight is 258 g/mol. The number of rotatable bonds is 3. The van der Waals surface area contributed by atoms with Gasteiger partial charge in [-0.05, 0) is 30.2 Å². The number of carbonyl (C=O) groups is 2. The zero-order valence-electron chi connectivity index (χ0n) is 10.7. The van der Waals surface area contributed by atoms with Gasteiger partial charge in [0.15, 0.2) is 5.69 Å². The van der Waals surface area contributed by atoms with Gasteiger partial charge in [-0.2, -0.15) is 0 Å². The predicted octanol–water partition coefficient (Wildman–Crippen LogP) is 2.45. The maximum Gasteiger partial charge on any atom is 0.354 e. The first kappa shape index (κ1) is 13.0. The van der Waals surface area contributed by atoms with Gasteiger partial charge in [0.1, 0.15) is 0 Å². The summed E-state index contributed by atoms with van der Waals surface area (Å²) in [5.41, 5.74) is 2.05. The van der Waals surface area contributed by atoms with E-state index >= 15 is 0 Å². The fraction of sp³-hybridized carbons (Fsp3) is 0.214. The summed E-state index contributed by atoms with van der Waals surface area (Å²) in [6, 6.07) is 6.97. The van der Waals surface area contributed by atoms with E-state index in [9.17, 15) is 9.59 Å². The summed E-state index contributed by atoms with van der Waals surface area (Å²) in [5.74, 6) is -1.36. The van der Waals surface area contributed by atoms with Gasteiger partial charge < -0.3 is 10.4 Å². The largest absolute Gasteiger partial charge is 0.477 e. The van der Waals surface area contributed by atoms with Crippen LogP contribution in [0.25, 0.3) is 10.9 Å². The molecule has 0 saturated heterocycles. The third-order valence-electron chi connectivity index (χ3n) is 2.81. The molecule has 0 fully saturated rings. The second-order valence-corrected chi connectivity index (χ2v) is 4.25. The van der Waals surface area contributed by atoms with Gasteiger partial charge in [0, 0.05) is 12.3 Å². The number of aromatic carboxylic acids is 1. The lowest BCUT2D eigenvalue weighted by molar-refractivity contribution is -0.114. The number of benzene rings is 1. The third-order valence-corrected chi connectivity index (χ3v) is 2.81. The number of carbonyl (C=O) groups excluding carboxylic acids is 1. The fourth-order valence-electron chi connectivity index (χ4n) is 1.90. The highest BCUT2D eigenvalue weighted by molar-refractivity contribution is 6.03. The Balaban J connectivity index is 2.70. The Kier molecular flexibility index (Phi) is 3.46. The van der Waals surface area contributed by atoms with Gasteiger partial charge >= 0.3 is 5.97 Å². The molecule has 5 heteroatoms. The van der Waals surface area contributed by atoms with Crippen LogP contribution >= 0.6 is 0 Å². The van der Waals surface area contributed by atoms with Gasteiger partial charge in [-0.15, -0.1) is 0 Å². The van der Waals surface area contributed by atoms with E-state index in [1.807, 2.05) is 19.1 Å². The molecule has 19 heavy (non-hydrogen) atoms. The summed E-state index contributed by atoms with van der Waals surface area (Å²) in [4.78, 5) is 26.3. The molecule has 1 amide bonds. The molecule has 1 aromatic carbocycles. The van der Waals surface area contributed by atoms with E-state index in [0.717, 1.165) is 17.4 Å². The van der Waals surface area contributed by atoms with Crippen molar-refractivity contribution in [3.63, 3.8) is 0 Å². The van der Waals surface area contributed by atoms with Crippen molar-refractivity contribution in [2.24, 2.45) is 0 Å². The first-order chi connectivity index (χ1) is 9.01. The maximum atomic E-state index is 11.2. The molecule has 0 bridgehead atoms. The first-order valence-corrected chi connectivity index (χ1v) is 5.96. The molecule has 0 spiro atoms. The molecule has 0 aliphatic rings. The number of aryl methyl sites for hydroxylation is 1. The summed E-state index contributed by atoms with van der Waals surface area (Å²) in [6.07, 6.45) is 0.857. The van der Waals surface area contributed by atoms with Crippen LogP contribution in [0, 0.1) is 0 Å². The molecule has 5 nitrogen and oxygen atoms in total. The van der Waals surface area contributed by atoms with Crippen molar-refractivity contribution >= 4 is 28.5 Å². The summed E-state index contributed by atoms with van der Waals surface area (Å²) >= 11 is 0. The van der Waals surface area contributed by atoms with E-state index in [-0.39, 0.29) is 11.6 Å². The number of pyridine rings is 1. The van der Waals surface area contributed by atoms with E-state index in [4.69, 9.17) is 5.11 Å². The molecule has 0 atom stereocenters. The number of nitrogens with zero attached hydrogens (tertiary/aromatic N) is 1. The number of nitrogens with one attached hydrogen (secondary N) is 1. The third kappa shape index (κ3) is 2.70. The monoisotopic (exact) mass is 258 g/mol. The Morgan fingerprint density at radius 1 is 1.32 bits per heavy atom. The second-order valence-electron chi connectivity index (χ2n) is 4.25. The van der Waals surface area contributed by atoms with Crippen molar-refractivity contribution in [1.82, 2.24) is 4.98 Å². The van der Waals surface area contributed by atoms with Crippen LogP contribution in [0.4, 0.5) is 5.69 Å². The number of fused-ring (bicyclic) bond motifs is 1. The molecule has 2 rings (SSSR count). The zero-order valence-corrected chi connectivity index (χ0v) is 10.7. The van der Waals surface area contributed by atoms with E-state index in [1.54, 1.807) is 6.07 Å². The molecule has 0 aliphatic heterocycles. The van der Waals surface area contributed by atoms with Gasteiger partial charge in [-0.1, -0.05) is 13.0 Å². The molecule has 98 valence electrons. The summed E-state index contributed by atoms with van der Waals surface area (Å²) in [5, 5.41) is 12.4. The van der Waals surface area contributed by atoms with E-state index < -0.39 is 5.97 Å². The normalized spacial score (nSPS) is 10.4. The number of aromatic nitrogens is 1. The molecule has 2 aromatic rings. The molecular formula is C14H14N2O3. The highest BCUT2D eigenvalue weighted by Gasteiger charge is 2.12. The van der Waals surface area contributed by atoms with Crippen LogP contribution in [0.1, 0.15) is 29.9 Å². The highest BCUT2D eigenvalue weighted by atomic mass is 16.4. The van der Waals surface area contributed by atoms with Crippen LogP contribution in [0.5, 0.6) is 0 Å². The van der Waals surface area contributed by atoms with Gasteiger partial charge in [-0.3, -0.25) is 4.79 Å². The quantitative estimate of drug-likeness (QED) is 0.886. The molecule has 1 aromatic heterocycles. The number of carboxylic acids is 1. The average Bonchev–Trinajstić information content (AvgIpc) is 2.37. The number of anilines is 1. The molecular weight excluding hydrogens is 244 g/mol. The lowest BCUT2D eigenvalue weighted by atomic mass is 10.1. The van der Waals surface area contributed by atoms with Crippen LogP contribution in [-0.2, 0) is 11.2 Å². The molecule has 0 unspecified atom stereocenters. The Morgan fingerprint density at radius 2 is 2.05 bits per heavy atom. The van der Waals surface area contributed by atoms with Crippen molar-refractivity contribution in [2.45, 2.75) is 20.3 Å². The van der Waals surface area contributed by atoms with Crippen molar-refractivity contribution < 1.29 is 14.7 Å². The second kappa shape index (κ2) is 5.06. The smallest absolute Gasteiger partial charge is 0.354 e. The van der Waals surface area contributed by atoms with Crippen molar-refractivity contribution in [1.29, 1.82) is 0 Å². The van der Waals surface area contributed by atoms with Gasteiger partial charge in [0.05, 0.1) is 11.2 Å². The Bertz CT molecular complexity index is 665. The number of hydrogen-bond donors (Lipinski definition) is 2. The topological polar surface area (TPSA) is 79.3 Å². The van der Waals surface area contributed by atoms with E-state index in [0.29, 0.717) is 11.2 Å². The maximum absolute atomic E-state index is 11.2. The number of hydrogen-bond acceptors (Lipinski definition) is 3. The van der Waals surface area contributed by atoms with Crippen LogP contribution in [0.15, 0.2) is 24.3 Å². The van der Waals surface area contributed by atoms with Gasteiger partial charge in [-0.25, -0.2) is 9.78 Å². The molecule has 2 N–H and O–H groups in total. The van der Waals surface area contributed by atoms with Crippen LogP contribution in [-0.4, -0.2) is 22.0 Å². The Morgan fingerprint density at radius 3 is 2.63 bits per heavy atom. The van der Waals surface area contributed by atoms with Gasteiger partial charge in [0.2, 0.25) is 5.91 Å². The minimum absolute atomic E-state index is 0.0829. The first-order valence-electron chi connectivity index (χ1n) is 5.96. The van der Waals surface area contributed by atoms with Crippen LogP contribution < -0.4 is 5.32 Å². The van der Waals surface area contributed by atoms with Crippen molar-refractivity contribution in [3.05, 3.63) is 35.5 Å². The summed E-state index contributed by atoms with van der Waals surface area (Å²) in [7, 11) is 0. The Hall–Kier alpha value is -2.43. The lowest BCUT2D eigenvalue weighted by Gasteiger charge is -2.09. The van der Waals surface area contributed by atoms with Crippen molar-refractivity contribution in [3.8, 4) is 0 Å². The summed E-state index contributed by atoms with van der Waals surface area (Å²) in [6.45, 7) is 3.41. The number of amides is 1. The zero-order chi connectivity index (χ0) is 14.0. The van der Waals surface area contributed by atoms with Crippen LogP contribution in [0.2, 0.25) is 0 Å². The standard InChI is InChI=1S/C14H14N2O3/c1-3-9-4-5-11-10(6-9)12(15-8(2)17)7-13(16-11)14(18)19/h4-7H,3H2,1-2H3,(H,18,19)(H,15,16,17). The molecule has 0 radical (unpaired) electrons. The fourth-order valence-corrected chi connectivity index (χ4v) is 1.90. The predicted molar refractivity (Wildman–Crippen MR) is 72.4 cm³/mol. The minimum Gasteiger partial charge on any atom is -0.477 e. The highest BCUT2D eigenvalue weighted by Crippen LogP contribution is 2.25. The SMILES string of the molecule is CCc1ccc2nc(C(=O)O)cc(NC(C)=O)c2c1. The van der Waals surface area contributed by atoms with Gasteiger partial charge in [0.25, 0.3) is 0 Å². The minimum atomic E-state index is -1.12. The summed E-state index contributed by atoms with van der Waals surface area (Å²) < 4.78 is 0. The number of carboxylic acid groups (broad SMARTS) is 1. The molecule has 0 saturated carbocycles. The Labute approximate surface area is 110 Å².